The molecule has 0 fully saturated rings. The van der Waals surface area contributed by atoms with E-state index in [2.05, 4.69) is 0 Å². The minimum atomic E-state index is -5.48. The van der Waals surface area contributed by atoms with E-state index in [1.165, 1.54) is 18.2 Å². The van der Waals surface area contributed by atoms with Crippen molar-refractivity contribution in [2.24, 2.45) is 0 Å². The summed E-state index contributed by atoms with van der Waals surface area (Å²) in [5.41, 5.74) is -1.51. The highest BCUT2D eigenvalue weighted by molar-refractivity contribution is 5.95. The quantitative estimate of drug-likeness (QED) is 0.611. The summed E-state index contributed by atoms with van der Waals surface area (Å²) in [7, 11) is 0. The highest BCUT2D eigenvalue weighted by Crippen LogP contribution is 2.59. The van der Waals surface area contributed by atoms with E-state index >= 15 is 0 Å². The molecular weight excluding hydrogens is 334 g/mol. The van der Waals surface area contributed by atoms with Crippen molar-refractivity contribution < 1.29 is 30.8 Å². The lowest BCUT2D eigenvalue weighted by Gasteiger charge is -2.25. The van der Waals surface area contributed by atoms with Gasteiger partial charge < -0.3 is 4.42 Å². The highest BCUT2D eigenvalue weighted by Gasteiger charge is 2.77. The Labute approximate surface area is 133 Å². The topological polar surface area (TPSA) is 13.1 Å². The van der Waals surface area contributed by atoms with Gasteiger partial charge >= 0.3 is 17.8 Å². The van der Waals surface area contributed by atoms with E-state index in [-0.39, 0.29) is 34.8 Å². The van der Waals surface area contributed by atoms with Crippen LogP contribution in [0.1, 0.15) is 31.1 Å². The maximum atomic E-state index is 14.1. The summed E-state index contributed by atoms with van der Waals surface area (Å²) in [6.45, 7) is 1.86. The minimum absolute atomic E-state index is 0.0254. The van der Waals surface area contributed by atoms with Crippen molar-refractivity contribution in [3.05, 3.63) is 41.7 Å². The van der Waals surface area contributed by atoms with Gasteiger partial charge in [-0.1, -0.05) is 31.5 Å². The average molecular weight is 348 g/mol. The van der Waals surface area contributed by atoms with Crippen LogP contribution in [0.5, 0.6) is 0 Å². The average Bonchev–Trinajstić information content (AvgIpc) is 2.92. The molecule has 0 amide bonds. The number of hydrogen-bond acceptors (Lipinski definition) is 1. The first-order chi connectivity index (χ1) is 11.1. The van der Waals surface area contributed by atoms with Gasteiger partial charge in [-0.2, -0.15) is 26.3 Å². The number of furan rings is 1. The lowest BCUT2D eigenvalue weighted by atomic mass is 9.96. The number of hydrogen-bond donors (Lipinski definition) is 0. The monoisotopic (exact) mass is 348 g/mol. The first kappa shape index (κ1) is 16.9. The van der Waals surface area contributed by atoms with Gasteiger partial charge in [0.25, 0.3) is 0 Å². The van der Waals surface area contributed by atoms with E-state index in [0.717, 1.165) is 0 Å². The fraction of sp³-hybridized carbons (Fsp3) is 0.412. The SMILES string of the molecule is CCCCc1oc2ccccc2c1C1=CC(F)(F)C(F)(F)C1(F)F. The normalized spacial score (nSPS) is 21.2. The van der Waals surface area contributed by atoms with Crippen molar-refractivity contribution in [1.82, 2.24) is 0 Å². The fourth-order valence-electron chi connectivity index (χ4n) is 2.87. The molecule has 2 aromatic rings. The fourth-order valence-corrected chi connectivity index (χ4v) is 2.87. The van der Waals surface area contributed by atoms with Gasteiger partial charge in [0.05, 0.1) is 0 Å². The van der Waals surface area contributed by atoms with Gasteiger partial charge in [0.1, 0.15) is 11.3 Å². The zero-order valence-corrected chi connectivity index (χ0v) is 12.7. The van der Waals surface area contributed by atoms with E-state index in [9.17, 15) is 26.3 Å². The summed E-state index contributed by atoms with van der Waals surface area (Å²) in [5, 5.41) is 0.128. The Kier molecular flexibility index (Phi) is 3.73. The third kappa shape index (κ3) is 2.17. The van der Waals surface area contributed by atoms with Crippen LogP contribution in [-0.2, 0) is 6.42 Å². The van der Waals surface area contributed by atoms with Crippen LogP contribution < -0.4 is 0 Å². The van der Waals surface area contributed by atoms with Crippen LogP contribution in [0.3, 0.4) is 0 Å². The summed E-state index contributed by atoms with van der Waals surface area (Å²) in [6, 6.07) is 5.98. The van der Waals surface area contributed by atoms with Crippen molar-refractivity contribution in [2.45, 2.75) is 44.0 Å². The molecule has 0 spiro atoms. The number of alkyl halides is 6. The van der Waals surface area contributed by atoms with Crippen LogP contribution in [0.15, 0.2) is 34.8 Å². The largest absolute Gasteiger partial charge is 0.460 e. The summed E-state index contributed by atoms with van der Waals surface area (Å²) in [4.78, 5) is 0. The molecule has 0 unspecified atom stereocenters. The first-order valence-corrected chi connectivity index (χ1v) is 7.51. The molecular formula is C17H14F6O. The van der Waals surface area contributed by atoms with Crippen LogP contribution in [0.2, 0.25) is 0 Å². The second kappa shape index (κ2) is 5.29. The van der Waals surface area contributed by atoms with E-state index in [1.807, 2.05) is 6.92 Å². The highest BCUT2D eigenvalue weighted by atomic mass is 19.3. The van der Waals surface area contributed by atoms with Crippen LogP contribution in [0.4, 0.5) is 26.3 Å². The Balaban J connectivity index is 2.25. The number of benzene rings is 1. The lowest BCUT2D eigenvalue weighted by Crippen LogP contribution is -2.48. The maximum Gasteiger partial charge on any atom is 0.380 e. The number of allylic oxidation sites excluding steroid dienone is 2. The Hall–Kier alpha value is -1.92. The molecule has 0 bridgehead atoms. The molecule has 0 aliphatic heterocycles. The Bertz CT molecular complexity index is 803. The smallest absolute Gasteiger partial charge is 0.380 e. The van der Waals surface area contributed by atoms with E-state index in [0.29, 0.717) is 12.8 Å². The molecule has 0 radical (unpaired) electrons. The van der Waals surface area contributed by atoms with Crippen molar-refractivity contribution in [2.75, 3.05) is 0 Å². The number of aryl methyl sites for hydroxylation is 1. The van der Waals surface area contributed by atoms with Crippen molar-refractivity contribution >= 4 is 16.5 Å². The molecule has 0 saturated carbocycles. The molecule has 24 heavy (non-hydrogen) atoms. The number of rotatable bonds is 4. The zero-order valence-electron chi connectivity index (χ0n) is 12.7. The Morgan fingerprint density at radius 1 is 1.00 bits per heavy atom. The minimum Gasteiger partial charge on any atom is -0.460 e. The summed E-state index contributed by atoms with van der Waals surface area (Å²) >= 11 is 0. The van der Waals surface area contributed by atoms with Crippen molar-refractivity contribution in [3.8, 4) is 0 Å². The predicted octanol–water partition coefficient (Wildman–Crippen LogP) is 6.08. The molecule has 130 valence electrons. The second-order valence-electron chi connectivity index (χ2n) is 5.83. The van der Waals surface area contributed by atoms with Crippen LogP contribution >= 0.6 is 0 Å². The summed E-state index contributed by atoms with van der Waals surface area (Å²) < 4.78 is 87.9. The second-order valence-corrected chi connectivity index (χ2v) is 5.83. The van der Waals surface area contributed by atoms with Crippen LogP contribution in [0.25, 0.3) is 16.5 Å². The van der Waals surface area contributed by atoms with Gasteiger partial charge in [0.15, 0.2) is 0 Å². The van der Waals surface area contributed by atoms with Gasteiger partial charge in [-0.05, 0) is 12.5 Å². The molecule has 1 nitrogen and oxygen atoms in total. The summed E-state index contributed by atoms with van der Waals surface area (Å²) in [6.07, 6.45) is 1.14. The molecule has 0 atom stereocenters. The number of unbranched alkanes of at least 4 members (excludes halogenated alkanes) is 1. The Morgan fingerprint density at radius 2 is 1.67 bits per heavy atom. The van der Waals surface area contributed by atoms with Gasteiger partial charge in [-0.15, -0.1) is 0 Å². The molecule has 0 N–H and O–H groups in total. The van der Waals surface area contributed by atoms with Gasteiger partial charge in [0.2, 0.25) is 0 Å². The number of halogens is 6. The maximum absolute atomic E-state index is 14.1. The van der Waals surface area contributed by atoms with Crippen molar-refractivity contribution in [1.29, 1.82) is 0 Å². The number of para-hydroxylation sites is 1. The third-order valence-electron chi connectivity index (χ3n) is 4.17. The van der Waals surface area contributed by atoms with Crippen LogP contribution in [-0.4, -0.2) is 17.8 Å². The third-order valence-corrected chi connectivity index (χ3v) is 4.17. The van der Waals surface area contributed by atoms with E-state index in [1.54, 1.807) is 6.07 Å². The Morgan fingerprint density at radius 3 is 2.25 bits per heavy atom. The molecule has 1 aromatic carbocycles. The zero-order chi connectivity index (χ0) is 17.8. The molecule has 0 saturated heterocycles. The lowest BCUT2D eigenvalue weighted by molar-refractivity contribution is -0.257. The van der Waals surface area contributed by atoms with Crippen molar-refractivity contribution in [3.63, 3.8) is 0 Å². The molecule has 1 aromatic heterocycles. The van der Waals surface area contributed by atoms with Gasteiger partial charge in [-0.3, -0.25) is 0 Å². The van der Waals surface area contributed by atoms with E-state index < -0.39 is 23.3 Å². The molecule has 1 aliphatic carbocycles. The molecule has 3 rings (SSSR count). The standard InChI is InChI=1S/C17H14F6O/c1-2-3-7-13-14(10-6-4-5-8-12(10)24-13)11-9-15(18,19)17(22,23)16(11,20)21/h4-6,8-9H,2-3,7H2,1H3. The summed E-state index contributed by atoms with van der Waals surface area (Å²) in [5.74, 6) is -15.4. The number of fused-ring (bicyclic) bond motifs is 1. The first-order valence-electron chi connectivity index (χ1n) is 7.51. The predicted molar refractivity (Wildman–Crippen MR) is 77.6 cm³/mol. The molecule has 7 heteroatoms. The van der Waals surface area contributed by atoms with Gasteiger partial charge in [0, 0.05) is 29.0 Å². The molecule has 1 heterocycles. The van der Waals surface area contributed by atoms with Gasteiger partial charge in [-0.25, -0.2) is 0 Å². The van der Waals surface area contributed by atoms with E-state index in [4.69, 9.17) is 4.42 Å². The molecule has 1 aliphatic rings. The van der Waals surface area contributed by atoms with Crippen LogP contribution in [0, 0.1) is 0 Å².